The van der Waals surface area contributed by atoms with Crippen LogP contribution in [0.15, 0.2) is 42.5 Å². The number of amides is 1. The van der Waals surface area contributed by atoms with Gasteiger partial charge in [0, 0.05) is 23.2 Å². The molecule has 0 fully saturated rings. The summed E-state index contributed by atoms with van der Waals surface area (Å²) in [5, 5.41) is 22.1. The Hall–Kier alpha value is -4.02. The number of aromatic nitrogens is 1. The number of hydrogen-bond acceptors (Lipinski definition) is 5. The van der Waals surface area contributed by atoms with Gasteiger partial charge in [-0.1, -0.05) is 6.92 Å². The Morgan fingerprint density at radius 3 is 2.29 bits per heavy atom. The number of phenols is 1. The molecule has 2 unspecified atom stereocenters. The third-order valence-electron chi connectivity index (χ3n) is 5.60. The van der Waals surface area contributed by atoms with Gasteiger partial charge in [-0.05, 0) is 61.9 Å². The number of ether oxygens (including phenoxy) is 1. The number of nitrogens with zero attached hydrogens (tertiary/aromatic N) is 1. The summed E-state index contributed by atoms with van der Waals surface area (Å²) < 4.78 is 42.4. The fraction of sp³-hybridized carbons (Fsp3) is 0.292. The number of carboxylic acids is 1. The molecule has 3 rings (SSSR count). The van der Waals surface area contributed by atoms with Crippen LogP contribution in [0, 0.1) is 12.8 Å². The zero-order chi connectivity index (χ0) is 26.1. The highest BCUT2D eigenvalue weighted by Crippen LogP contribution is 2.35. The number of hydrogen-bond donors (Lipinski definition) is 3. The Morgan fingerprint density at radius 1 is 1.09 bits per heavy atom. The van der Waals surface area contributed by atoms with Crippen LogP contribution in [-0.2, 0) is 9.59 Å². The van der Waals surface area contributed by atoms with Crippen LogP contribution in [0.1, 0.15) is 41.4 Å². The summed E-state index contributed by atoms with van der Waals surface area (Å²) in [6, 6.07) is 8.70. The van der Waals surface area contributed by atoms with E-state index >= 15 is 0 Å². The highest BCUT2D eigenvalue weighted by molar-refractivity contribution is 6.05. The molecular formula is C24H23F3N2O6. The maximum absolute atomic E-state index is 13.3. The molecule has 0 saturated heterocycles. The molecule has 11 heteroatoms. The monoisotopic (exact) mass is 492 g/mol. The Morgan fingerprint density at radius 2 is 1.71 bits per heavy atom. The van der Waals surface area contributed by atoms with Gasteiger partial charge < -0.3 is 20.3 Å². The Balaban J connectivity index is 2.00. The highest BCUT2D eigenvalue weighted by atomic mass is 19.4. The van der Waals surface area contributed by atoms with E-state index in [1.165, 1.54) is 41.8 Å². The third-order valence-corrected chi connectivity index (χ3v) is 5.60. The van der Waals surface area contributed by atoms with E-state index in [0.29, 0.717) is 22.2 Å². The first kappa shape index (κ1) is 25.6. The molecule has 35 heavy (non-hydrogen) atoms. The van der Waals surface area contributed by atoms with Crippen molar-refractivity contribution in [2.24, 2.45) is 5.92 Å². The Bertz CT molecular complexity index is 1280. The number of carbonyl (C=O) groups is 3. The summed E-state index contributed by atoms with van der Waals surface area (Å²) in [7, 11) is 0. The number of carbonyl (C=O) groups excluding carboxylic acids is 2. The number of benzene rings is 2. The average molecular weight is 492 g/mol. The second-order valence-electron chi connectivity index (χ2n) is 8.12. The number of phenolic OH excluding ortho intramolecular Hbond substituents is 1. The van der Waals surface area contributed by atoms with E-state index in [1.54, 1.807) is 13.8 Å². The minimum atomic E-state index is -4.87. The van der Waals surface area contributed by atoms with Crippen LogP contribution in [-0.4, -0.2) is 45.5 Å². The summed E-state index contributed by atoms with van der Waals surface area (Å²) in [6.45, 7) is 4.55. The quantitative estimate of drug-likeness (QED) is 0.456. The molecule has 2 aromatic carbocycles. The number of rotatable bonds is 7. The van der Waals surface area contributed by atoms with Gasteiger partial charge in [0.15, 0.2) is 0 Å². The van der Waals surface area contributed by atoms with E-state index in [1.807, 2.05) is 0 Å². The summed E-state index contributed by atoms with van der Waals surface area (Å²) in [5.41, 5.74) is 1.29. The predicted octanol–water partition coefficient (Wildman–Crippen LogP) is 4.18. The van der Waals surface area contributed by atoms with Crippen molar-refractivity contribution in [1.82, 2.24) is 9.88 Å². The van der Waals surface area contributed by atoms with E-state index in [9.17, 15) is 32.7 Å². The number of halogens is 3. The molecule has 1 aromatic heterocycles. The smallest absolute Gasteiger partial charge is 0.508 e. The van der Waals surface area contributed by atoms with Crippen LogP contribution in [0.5, 0.6) is 11.5 Å². The number of nitrogens with one attached hydrogen (secondary N) is 1. The van der Waals surface area contributed by atoms with Crippen LogP contribution in [0.2, 0.25) is 0 Å². The fourth-order valence-corrected chi connectivity index (χ4v) is 3.79. The molecule has 186 valence electrons. The van der Waals surface area contributed by atoms with E-state index in [-0.39, 0.29) is 17.9 Å². The molecule has 0 bridgehead atoms. The van der Waals surface area contributed by atoms with Gasteiger partial charge in [0.05, 0.1) is 17.4 Å². The molecule has 0 aliphatic rings. The molecule has 3 aromatic rings. The minimum absolute atomic E-state index is 0.0755. The van der Waals surface area contributed by atoms with E-state index in [2.05, 4.69) is 10.1 Å². The number of carboxylic acid groups (broad SMARTS) is 1. The normalized spacial score (nSPS) is 13.3. The molecule has 0 radical (unpaired) electrons. The highest BCUT2D eigenvalue weighted by Gasteiger charge is 2.31. The zero-order valence-electron chi connectivity index (χ0n) is 19.0. The maximum Gasteiger partial charge on any atom is 0.573 e. The SMILES string of the molecule is Cc1c(C(C)C(=O)NCC(C)C(=O)O)c2cc(O)ccc2n1C(=O)c1ccc(OC(F)(F)F)cc1. The summed E-state index contributed by atoms with van der Waals surface area (Å²) in [4.78, 5) is 37.2. The zero-order valence-corrected chi connectivity index (χ0v) is 19.0. The van der Waals surface area contributed by atoms with Crippen molar-refractivity contribution in [3.05, 3.63) is 59.3 Å². The summed E-state index contributed by atoms with van der Waals surface area (Å²) in [6.07, 6.45) is -4.87. The Labute approximate surface area is 197 Å². The lowest BCUT2D eigenvalue weighted by Crippen LogP contribution is -2.34. The van der Waals surface area contributed by atoms with Crippen LogP contribution in [0.4, 0.5) is 13.2 Å². The average Bonchev–Trinajstić information content (AvgIpc) is 3.06. The number of aromatic hydroxyl groups is 1. The lowest BCUT2D eigenvalue weighted by molar-refractivity contribution is -0.274. The molecule has 0 aliphatic carbocycles. The van der Waals surface area contributed by atoms with Crippen LogP contribution in [0.25, 0.3) is 10.9 Å². The molecule has 1 heterocycles. The van der Waals surface area contributed by atoms with Gasteiger partial charge in [-0.2, -0.15) is 0 Å². The maximum atomic E-state index is 13.3. The Kier molecular flexibility index (Phi) is 7.09. The topological polar surface area (TPSA) is 118 Å². The molecule has 2 atom stereocenters. The van der Waals surface area contributed by atoms with Gasteiger partial charge >= 0.3 is 12.3 Å². The van der Waals surface area contributed by atoms with Gasteiger partial charge in [0.2, 0.25) is 5.91 Å². The van der Waals surface area contributed by atoms with Crippen LogP contribution < -0.4 is 10.1 Å². The standard InChI is InChI=1S/C24H23F3N2O6/c1-12(23(33)34)11-28-21(31)13(2)20-14(3)29(19-9-6-16(30)10-18(19)20)22(32)15-4-7-17(8-5-15)35-24(25,26)27/h4-10,12-13,30H,11H2,1-3H3,(H,28,31)(H,33,34). The molecule has 0 spiro atoms. The van der Waals surface area contributed by atoms with Crippen molar-refractivity contribution in [2.75, 3.05) is 6.54 Å². The van der Waals surface area contributed by atoms with E-state index in [0.717, 1.165) is 12.1 Å². The van der Waals surface area contributed by atoms with Crippen molar-refractivity contribution < 1.29 is 42.5 Å². The fourth-order valence-electron chi connectivity index (χ4n) is 3.79. The van der Waals surface area contributed by atoms with Crippen molar-refractivity contribution in [3.8, 4) is 11.5 Å². The van der Waals surface area contributed by atoms with Crippen molar-refractivity contribution in [1.29, 1.82) is 0 Å². The molecule has 8 nitrogen and oxygen atoms in total. The molecule has 1 amide bonds. The summed E-state index contributed by atoms with van der Waals surface area (Å²) in [5.74, 6) is -4.27. The van der Waals surface area contributed by atoms with Crippen molar-refractivity contribution >= 4 is 28.7 Å². The number of alkyl halides is 3. The lowest BCUT2D eigenvalue weighted by Gasteiger charge is -2.15. The first-order valence-corrected chi connectivity index (χ1v) is 10.5. The van der Waals surface area contributed by atoms with Gasteiger partial charge in [-0.3, -0.25) is 19.0 Å². The van der Waals surface area contributed by atoms with Gasteiger partial charge in [0.1, 0.15) is 11.5 Å². The number of fused-ring (bicyclic) bond motifs is 1. The van der Waals surface area contributed by atoms with Crippen LogP contribution in [0.3, 0.4) is 0 Å². The van der Waals surface area contributed by atoms with Crippen molar-refractivity contribution in [3.63, 3.8) is 0 Å². The largest absolute Gasteiger partial charge is 0.573 e. The number of aliphatic carboxylic acids is 1. The minimum Gasteiger partial charge on any atom is -0.508 e. The molecule has 3 N–H and O–H groups in total. The van der Waals surface area contributed by atoms with Crippen molar-refractivity contribution in [2.45, 2.75) is 33.1 Å². The lowest BCUT2D eigenvalue weighted by atomic mass is 9.96. The first-order chi connectivity index (χ1) is 16.3. The molecule has 0 aliphatic heterocycles. The van der Waals surface area contributed by atoms with Crippen LogP contribution >= 0.6 is 0 Å². The molecule has 0 saturated carbocycles. The van der Waals surface area contributed by atoms with Gasteiger partial charge in [-0.15, -0.1) is 13.2 Å². The van der Waals surface area contributed by atoms with Gasteiger partial charge in [0.25, 0.3) is 5.91 Å². The summed E-state index contributed by atoms with van der Waals surface area (Å²) >= 11 is 0. The van der Waals surface area contributed by atoms with E-state index < -0.39 is 41.7 Å². The van der Waals surface area contributed by atoms with Gasteiger partial charge in [-0.25, -0.2) is 0 Å². The third kappa shape index (κ3) is 5.56. The first-order valence-electron chi connectivity index (χ1n) is 10.5. The van der Waals surface area contributed by atoms with E-state index in [4.69, 9.17) is 5.11 Å². The molecular weight excluding hydrogens is 469 g/mol. The second-order valence-corrected chi connectivity index (χ2v) is 8.12. The predicted molar refractivity (Wildman–Crippen MR) is 119 cm³/mol. The second kappa shape index (κ2) is 9.69.